The van der Waals surface area contributed by atoms with Crippen molar-refractivity contribution in [1.29, 1.82) is 0 Å². The predicted octanol–water partition coefficient (Wildman–Crippen LogP) is 5.29. The molecule has 0 saturated carbocycles. The number of benzene rings is 2. The van der Waals surface area contributed by atoms with E-state index in [-0.39, 0.29) is 20.1 Å². The van der Waals surface area contributed by atoms with Crippen LogP contribution in [0.25, 0.3) is 17.1 Å². The molecule has 0 atom stereocenters. The Morgan fingerprint density at radius 1 is 0.880 bits per heavy atom. The largest absolute Gasteiger partial charge is 0.320 e. The summed E-state index contributed by atoms with van der Waals surface area (Å²) in [6.45, 7) is 10.9. The summed E-state index contributed by atoms with van der Waals surface area (Å²) >= 11 is 0. The van der Waals surface area contributed by atoms with E-state index in [0.29, 0.717) is 11.8 Å². The maximum Gasteiger partial charge on any atom is 0.125 e. The second-order valence-corrected chi connectivity index (χ2v) is 6.78. The predicted molar refractivity (Wildman–Crippen MR) is 98.5 cm³/mol. The van der Waals surface area contributed by atoms with Crippen molar-refractivity contribution < 1.29 is 20.1 Å². The van der Waals surface area contributed by atoms with E-state index >= 15 is 0 Å². The Balaban J connectivity index is 0.00000225. The van der Waals surface area contributed by atoms with Crippen LogP contribution >= 0.6 is 0 Å². The first-order valence-electron chi connectivity index (χ1n) is 8.53. The monoisotopic (exact) mass is 511 g/mol. The number of aromatic nitrogens is 3. The Bertz CT molecular complexity index is 809. The van der Waals surface area contributed by atoms with Crippen LogP contribution in [-0.4, -0.2) is 14.8 Å². The number of rotatable bonds is 4. The van der Waals surface area contributed by atoms with Gasteiger partial charge in [0, 0.05) is 25.8 Å². The molecular formula is C21H24IrN3-. The van der Waals surface area contributed by atoms with E-state index in [1.807, 2.05) is 31.2 Å². The molecule has 0 N–H and O–H groups in total. The van der Waals surface area contributed by atoms with Crippen molar-refractivity contribution >= 4 is 0 Å². The molecule has 0 aliphatic rings. The van der Waals surface area contributed by atoms with Gasteiger partial charge >= 0.3 is 0 Å². The second kappa shape index (κ2) is 8.07. The zero-order valence-corrected chi connectivity index (χ0v) is 17.8. The standard InChI is InChI=1S/C21H24N3.Ir/c1-14(2)18-12-9-13-19(15(3)4)20(18)24-16(5)22-23-21(24)17-10-7-6-8-11-17;/h6-10,12-15H,1-5H3;/q-1;. The van der Waals surface area contributed by atoms with Crippen LogP contribution < -0.4 is 0 Å². The Labute approximate surface area is 163 Å². The Morgan fingerprint density at radius 3 is 2.04 bits per heavy atom. The van der Waals surface area contributed by atoms with Gasteiger partial charge in [-0.15, -0.1) is 41.0 Å². The number of aryl methyl sites for hydroxylation is 1. The van der Waals surface area contributed by atoms with E-state index in [2.05, 4.69) is 66.7 Å². The fourth-order valence-electron chi connectivity index (χ4n) is 3.11. The Kier molecular flexibility index (Phi) is 6.31. The number of para-hydroxylation sites is 1. The van der Waals surface area contributed by atoms with Crippen molar-refractivity contribution in [2.75, 3.05) is 0 Å². The molecule has 3 nitrogen and oxygen atoms in total. The van der Waals surface area contributed by atoms with Gasteiger partial charge in [-0.1, -0.05) is 45.9 Å². The van der Waals surface area contributed by atoms with E-state index in [1.165, 1.54) is 16.8 Å². The molecule has 3 rings (SSSR count). The summed E-state index contributed by atoms with van der Waals surface area (Å²) in [5.41, 5.74) is 4.83. The molecule has 0 spiro atoms. The van der Waals surface area contributed by atoms with Crippen molar-refractivity contribution in [2.45, 2.75) is 46.5 Å². The molecular weight excluding hydrogens is 486 g/mol. The van der Waals surface area contributed by atoms with Crippen LogP contribution in [0.2, 0.25) is 0 Å². The molecule has 0 aliphatic heterocycles. The quantitative estimate of drug-likeness (QED) is 0.447. The summed E-state index contributed by atoms with van der Waals surface area (Å²) < 4.78 is 2.19. The molecule has 4 heteroatoms. The van der Waals surface area contributed by atoms with Crippen LogP contribution in [0.1, 0.15) is 56.5 Å². The molecule has 0 saturated heterocycles. The van der Waals surface area contributed by atoms with Crippen LogP contribution in [0.4, 0.5) is 0 Å². The molecule has 133 valence electrons. The van der Waals surface area contributed by atoms with Gasteiger partial charge < -0.3 is 4.57 Å². The van der Waals surface area contributed by atoms with Gasteiger partial charge in [0.25, 0.3) is 0 Å². The van der Waals surface area contributed by atoms with E-state index in [1.54, 1.807) is 0 Å². The first-order chi connectivity index (χ1) is 11.5. The molecule has 1 heterocycles. The van der Waals surface area contributed by atoms with Gasteiger partial charge in [-0.2, -0.15) is 5.10 Å². The van der Waals surface area contributed by atoms with Gasteiger partial charge in [0.2, 0.25) is 0 Å². The van der Waals surface area contributed by atoms with Crippen molar-refractivity contribution in [3.8, 4) is 17.1 Å². The second-order valence-electron chi connectivity index (χ2n) is 6.78. The van der Waals surface area contributed by atoms with Crippen molar-refractivity contribution in [3.05, 3.63) is 65.5 Å². The zero-order chi connectivity index (χ0) is 17.3. The van der Waals surface area contributed by atoms with E-state index in [0.717, 1.165) is 17.2 Å². The van der Waals surface area contributed by atoms with Gasteiger partial charge in [0.05, 0.1) is 5.82 Å². The maximum atomic E-state index is 4.44. The van der Waals surface area contributed by atoms with Crippen LogP contribution in [0.3, 0.4) is 0 Å². The molecule has 2 aromatic carbocycles. The molecule has 0 amide bonds. The molecule has 0 bridgehead atoms. The van der Waals surface area contributed by atoms with Gasteiger partial charge in [-0.3, -0.25) is 0 Å². The van der Waals surface area contributed by atoms with Crippen molar-refractivity contribution in [1.82, 2.24) is 14.8 Å². The third kappa shape index (κ3) is 3.75. The first-order valence-corrected chi connectivity index (χ1v) is 8.53. The van der Waals surface area contributed by atoms with Gasteiger partial charge in [-0.05, 0) is 29.9 Å². The van der Waals surface area contributed by atoms with E-state index < -0.39 is 0 Å². The summed E-state index contributed by atoms with van der Waals surface area (Å²) in [6, 6.07) is 17.8. The number of nitrogens with zero attached hydrogens (tertiary/aromatic N) is 3. The zero-order valence-electron chi connectivity index (χ0n) is 15.4. The molecule has 0 aliphatic carbocycles. The summed E-state index contributed by atoms with van der Waals surface area (Å²) in [6.07, 6.45) is 0. The van der Waals surface area contributed by atoms with Crippen LogP contribution in [0, 0.1) is 13.0 Å². The third-order valence-corrected chi connectivity index (χ3v) is 4.34. The van der Waals surface area contributed by atoms with E-state index in [4.69, 9.17) is 0 Å². The van der Waals surface area contributed by atoms with Crippen LogP contribution in [0.15, 0.2) is 42.5 Å². The van der Waals surface area contributed by atoms with Gasteiger partial charge in [-0.25, -0.2) is 0 Å². The Hall–Kier alpha value is -1.77. The van der Waals surface area contributed by atoms with Crippen molar-refractivity contribution in [2.24, 2.45) is 0 Å². The average molecular weight is 511 g/mol. The summed E-state index contributed by atoms with van der Waals surface area (Å²) in [4.78, 5) is 0. The van der Waals surface area contributed by atoms with Crippen LogP contribution in [0.5, 0.6) is 0 Å². The normalized spacial score (nSPS) is 11.0. The van der Waals surface area contributed by atoms with Gasteiger partial charge in [0.1, 0.15) is 5.82 Å². The SMILES string of the molecule is Cc1nnc(-c2[c-]cccc2)n1-c1c(C(C)C)cccc1C(C)C.[Ir]. The maximum absolute atomic E-state index is 4.44. The number of hydrogen-bond acceptors (Lipinski definition) is 2. The summed E-state index contributed by atoms with van der Waals surface area (Å²) in [5, 5.41) is 8.81. The average Bonchev–Trinajstić information content (AvgIpc) is 2.96. The molecule has 1 radical (unpaired) electrons. The molecule has 0 fully saturated rings. The molecule has 1 aromatic heterocycles. The van der Waals surface area contributed by atoms with Crippen molar-refractivity contribution in [3.63, 3.8) is 0 Å². The fraction of sp³-hybridized carbons (Fsp3) is 0.333. The Morgan fingerprint density at radius 2 is 1.52 bits per heavy atom. The number of hydrogen-bond donors (Lipinski definition) is 0. The minimum absolute atomic E-state index is 0. The van der Waals surface area contributed by atoms with E-state index in [9.17, 15) is 0 Å². The summed E-state index contributed by atoms with van der Waals surface area (Å²) in [7, 11) is 0. The third-order valence-electron chi connectivity index (χ3n) is 4.34. The molecule has 3 aromatic rings. The molecule has 25 heavy (non-hydrogen) atoms. The minimum Gasteiger partial charge on any atom is -0.320 e. The summed E-state index contributed by atoms with van der Waals surface area (Å²) in [5.74, 6) is 2.60. The smallest absolute Gasteiger partial charge is 0.125 e. The van der Waals surface area contributed by atoms with Gasteiger partial charge in [0.15, 0.2) is 0 Å². The first kappa shape index (κ1) is 19.6. The fourth-order valence-corrected chi connectivity index (χ4v) is 3.11. The topological polar surface area (TPSA) is 30.7 Å². The van der Waals surface area contributed by atoms with Crippen LogP contribution in [-0.2, 0) is 20.1 Å². The minimum atomic E-state index is 0. The molecule has 0 unspecified atom stereocenters.